The molecule has 1 unspecified atom stereocenters. The van der Waals surface area contributed by atoms with Crippen molar-refractivity contribution in [3.8, 4) is 0 Å². The van der Waals surface area contributed by atoms with Crippen molar-refractivity contribution in [3.63, 3.8) is 0 Å². The molecular weight excluding hydrogens is 247 g/mol. The molecule has 2 aliphatic rings. The molecule has 0 radical (unpaired) electrons. The van der Waals surface area contributed by atoms with Crippen molar-refractivity contribution < 1.29 is 14.0 Å². The molecule has 100 valence electrons. The first-order valence-corrected chi connectivity index (χ1v) is 6.53. The summed E-state index contributed by atoms with van der Waals surface area (Å²) in [5, 5.41) is 0. The Hall–Kier alpha value is -1.91. The highest BCUT2D eigenvalue weighted by atomic mass is 19.1. The number of hydrogen-bond donors (Lipinski definition) is 0. The van der Waals surface area contributed by atoms with Crippen LogP contribution in [0.4, 0.5) is 10.1 Å². The van der Waals surface area contributed by atoms with Gasteiger partial charge in [0.2, 0.25) is 11.8 Å². The van der Waals surface area contributed by atoms with E-state index in [9.17, 15) is 14.0 Å². The summed E-state index contributed by atoms with van der Waals surface area (Å²) in [4.78, 5) is 27.7. The second-order valence-corrected chi connectivity index (χ2v) is 4.96. The Kier molecular flexibility index (Phi) is 2.97. The molecule has 4 nitrogen and oxygen atoms in total. The Bertz CT molecular complexity index is 515. The van der Waals surface area contributed by atoms with Gasteiger partial charge in [-0.3, -0.25) is 9.59 Å². The lowest BCUT2D eigenvalue weighted by Gasteiger charge is -2.25. The van der Waals surface area contributed by atoms with Crippen LogP contribution in [0.3, 0.4) is 0 Å². The maximum atomic E-state index is 12.9. The smallest absolute Gasteiger partial charge is 0.249 e. The van der Waals surface area contributed by atoms with E-state index in [1.807, 2.05) is 0 Å². The predicted octanol–water partition coefficient (Wildman–Crippen LogP) is 1.55. The molecule has 2 fully saturated rings. The first kappa shape index (κ1) is 12.1. The summed E-state index contributed by atoms with van der Waals surface area (Å²) in [5.41, 5.74) is 0.660. The number of rotatable bonds is 1. The molecule has 0 aliphatic carbocycles. The highest BCUT2D eigenvalue weighted by Crippen LogP contribution is 2.26. The lowest BCUT2D eigenvalue weighted by atomic mass is 10.2. The molecule has 1 aromatic rings. The van der Waals surface area contributed by atoms with Gasteiger partial charge < -0.3 is 9.80 Å². The van der Waals surface area contributed by atoms with E-state index < -0.39 is 0 Å². The normalized spacial score (nSPS) is 23.5. The molecule has 0 saturated carbocycles. The number of carbonyl (C=O) groups is 2. The maximum absolute atomic E-state index is 12.9. The second kappa shape index (κ2) is 4.64. The SMILES string of the molecule is O=C1C2CCCN2C(=O)CCN1c1ccc(F)cc1. The van der Waals surface area contributed by atoms with Gasteiger partial charge in [0.05, 0.1) is 0 Å². The number of benzene rings is 1. The Morgan fingerprint density at radius 2 is 1.84 bits per heavy atom. The third kappa shape index (κ3) is 2.09. The molecule has 0 aromatic heterocycles. The van der Waals surface area contributed by atoms with Gasteiger partial charge in [0.15, 0.2) is 0 Å². The minimum absolute atomic E-state index is 0.0421. The van der Waals surface area contributed by atoms with Gasteiger partial charge in [-0.05, 0) is 37.1 Å². The van der Waals surface area contributed by atoms with E-state index in [-0.39, 0.29) is 23.7 Å². The molecular formula is C14H15FN2O2. The molecule has 5 heteroatoms. The fourth-order valence-electron chi connectivity index (χ4n) is 2.84. The third-order valence-corrected chi connectivity index (χ3v) is 3.81. The van der Waals surface area contributed by atoms with Gasteiger partial charge in [0.25, 0.3) is 0 Å². The summed E-state index contributed by atoms with van der Waals surface area (Å²) in [5.74, 6) is -0.333. The van der Waals surface area contributed by atoms with Crippen molar-refractivity contribution in [2.75, 3.05) is 18.0 Å². The average Bonchev–Trinajstić information content (AvgIpc) is 2.85. The number of amides is 2. The summed E-state index contributed by atoms with van der Waals surface area (Å²) < 4.78 is 12.9. The van der Waals surface area contributed by atoms with E-state index in [4.69, 9.17) is 0 Å². The highest BCUT2D eigenvalue weighted by Gasteiger charge is 2.39. The summed E-state index contributed by atoms with van der Waals surface area (Å²) in [7, 11) is 0. The zero-order valence-electron chi connectivity index (χ0n) is 10.5. The van der Waals surface area contributed by atoms with Crippen LogP contribution in [0.15, 0.2) is 24.3 Å². The van der Waals surface area contributed by atoms with Crippen LogP contribution in [-0.4, -0.2) is 35.8 Å². The largest absolute Gasteiger partial charge is 0.331 e. The average molecular weight is 262 g/mol. The molecule has 0 N–H and O–H groups in total. The van der Waals surface area contributed by atoms with Crippen molar-refractivity contribution in [1.82, 2.24) is 4.90 Å². The Morgan fingerprint density at radius 1 is 1.11 bits per heavy atom. The topological polar surface area (TPSA) is 40.6 Å². The highest BCUT2D eigenvalue weighted by molar-refractivity contribution is 6.01. The third-order valence-electron chi connectivity index (χ3n) is 3.81. The van der Waals surface area contributed by atoms with Gasteiger partial charge in [-0.25, -0.2) is 4.39 Å². The number of carbonyl (C=O) groups excluding carboxylic acids is 2. The molecule has 2 heterocycles. The molecule has 0 bridgehead atoms. The Morgan fingerprint density at radius 3 is 2.58 bits per heavy atom. The standard InChI is InChI=1S/C14H15FN2O2/c15-10-3-5-11(6-4-10)16-9-7-13(18)17-8-1-2-12(17)14(16)19/h3-6,12H,1-2,7-9H2. The molecule has 3 rings (SSSR count). The second-order valence-electron chi connectivity index (χ2n) is 4.96. The summed E-state index contributed by atoms with van der Waals surface area (Å²) >= 11 is 0. The number of hydrogen-bond acceptors (Lipinski definition) is 2. The molecule has 1 aromatic carbocycles. The van der Waals surface area contributed by atoms with E-state index in [1.165, 1.54) is 12.1 Å². The molecule has 1 atom stereocenters. The monoisotopic (exact) mass is 262 g/mol. The van der Waals surface area contributed by atoms with Gasteiger partial charge in [0.1, 0.15) is 11.9 Å². The lowest BCUT2D eigenvalue weighted by Crippen LogP contribution is -2.43. The predicted molar refractivity (Wildman–Crippen MR) is 68.1 cm³/mol. The van der Waals surface area contributed by atoms with Gasteiger partial charge in [-0.1, -0.05) is 0 Å². The van der Waals surface area contributed by atoms with Crippen molar-refractivity contribution in [1.29, 1.82) is 0 Å². The van der Waals surface area contributed by atoms with E-state index >= 15 is 0 Å². The summed E-state index contributed by atoms with van der Waals surface area (Å²) in [6, 6.07) is 5.51. The summed E-state index contributed by atoms with van der Waals surface area (Å²) in [6.45, 7) is 1.04. The van der Waals surface area contributed by atoms with Crippen LogP contribution < -0.4 is 4.90 Å². The van der Waals surface area contributed by atoms with Gasteiger partial charge in [-0.15, -0.1) is 0 Å². The quantitative estimate of drug-likeness (QED) is 0.770. The first-order chi connectivity index (χ1) is 9.16. The van der Waals surface area contributed by atoms with Crippen molar-refractivity contribution >= 4 is 17.5 Å². The van der Waals surface area contributed by atoms with Gasteiger partial charge in [-0.2, -0.15) is 0 Å². The number of anilines is 1. The Labute approximate surface area is 110 Å². The van der Waals surface area contributed by atoms with Crippen LogP contribution in [0, 0.1) is 5.82 Å². The van der Waals surface area contributed by atoms with Crippen LogP contribution in [0.5, 0.6) is 0 Å². The van der Waals surface area contributed by atoms with Crippen LogP contribution >= 0.6 is 0 Å². The fourth-order valence-corrected chi connectivity index (χ4v) is 2.84. The lowest BCUT2D eigenvalue weighted by molar-refractivity contribution is -0.135. The minimum atomic E-state index is -0.333. The first-order valence-electron chi connectivity index (χ1n) is 6.53. The van der Waals surface area contributed by atoms with E-state index in [1.54, 1.807) is 21.9 Å². The van der Waals surface area contributed by atoms with Crippen LogP contribution in [0.2, 0.25) is 0 Å². The summed E-state index contributed by atoms with van der Waals surface area (Å²) in [6.07, 6.45) is 1.93. The number of halogens is 1. The minimum Gasteiger partial charge on any atom is -0.331 e. The Balaban J connectivity index is 1.91. The zero-order chi connectivity index (χ0) is 13.4. The van der Waals surface area contributed by atoms with E-state index in [0.29, 0.717) is 25.2 Å². The zero-order valence-corrected chi connectivity index (χ0v) is 10.5. The van der Waals surface area contributed by atoms with E-state index in [2.05, 4.69) is 0 Å². The molecule has 0 spiro atoms. The molecule has 2 aliphatic heterocycles. The molecule has 2 amide bonds. The fraction of sp³-hybridized carbons (Fsp3) is 0.429. The van der Waals surface area contributed by atoms with Crippen molar-refractivity contribution in [3.05, 3.63) is 30.1 Å². The van der Waals surface area contributed by atoms with Gasteiger partial charge >= 0.3 is 0 Å². The van der Waals surface area contributed by atoms with E-state index in [0.717, 1.165) is 12.8 Å². The maximum Gasteiger partial charge on any atom is 0.249 e. The van der Waals surface area contributed by atoms with Crippen molar-refractivity contribution in [2.24, 2.45) is 0 Å². The van der Waals surface area contributed by atoms with Crippen LogP contribution in [0.1, 0.15) is 19.3 Å². The molecule has 19 heavy (non-hydrogen) atoms. The van der Waals surface area contributed by atoms with Crippen LogP contribution in [0.25, 0.3) is 0 Å². The van der Waals surface area contributed by atoms with Gasteiger partial charge in [0, 0.05) is 25.2 Å². The number of nitrogens with zero attached hydrogens (tertiary/aromatic N) is 2. The van der Waals surface area contributed by atoms with Crippen LogP contribution in [-0.2, 0) is 9.59 Å². The van der Waals surface area contributed by atoms with Crippen molar-refractivity contribution in [2.45, 2.75) is 25.3 Å². The number of fused-ring (bicyclic) bond motifs is 1. The molecule has 2 saturated heterocycles.